The molecule has 1 fully saturated rings. The van der Waals surface area contributed by atoms with E-state index in [0.717, 1.165) is 6.42 Å². The summed E-state index contributed by atoms with van der Waals surface area (Å²) in [6.07, 6.45) is 8.98. The van der Waals surface area contributed by atoms with E-state index in [-0.39, 0.29) is 0 Å². The van der Waals surface area contributed by atoms with Crippen molar-refractivity contribution >= 4 is 17.5 Å². The Labute approximate surface area is 145 Å². The van der Waals surface area contributed by atoms with Crippen LogP contribution in [0.2, 0.25) is 0 Å². The number of hydrogen-bond acceptors (Lipinski definition) is 5. The van der Waals surface area contributed by atoms with Gasteiger partial charge in [0, 0.05) is 24.6 Å². The number of anilines is 1. The maximum Gasteiger partial charge on any atom is 0.326 e. The van der Waals surface area contributed by atoms with Gasteiger partial charge >= 0.3 is 5.97 Å². The minimum atomic E-state index is -0.858. The normalized spacial score (nSPS) is 20.9. The minimum Gasteiger partial charge on any atom is -0.480 e. The van der Waals surface area contributed by atoms with Gasteiger partial charge in [-0.3, -0.25) is 0 Å². The summed E-state index contributed by atoms with van der Waals surface area (Å²) < 4.78 is 13.6. The summed E-state index contributed by atoms with van der Waals surface area (Å²) in [5.41, 5.74) is 1.17. The zero-order valence-corrected chi connectivity index (χ0v) is 13.9. The molecule has 0 spiro atoms. The van der Waals surface area contributed by atoms with Crippen LogP contribution in [0.4, 0.5) is 10.2 Å². The van der Waals surface area contributed by atoms with Crippen molar-refractivity contribution in [3.05, 3.63) is 60.6 Å². The van der Waals surface area contributed by atoms with Gasteiger partial charge in [-0.05, 0) is 38.0 Å². The fourth-order valence-electron chi connectivity index (χ4n) is 3.04. The second-order valence-electron chi connectivity index (χ2n) is 5.81. The number of nitrogens with zero attached hydrogens (tertiary/aromatic N) is 4. The van der Waals surface area contributed by atoms with Crippen LogP contribution < -0.4 is 4.90 Å². The number of rotatable bonds is 4. The van der Waals surface area contributed by atoms with Crippen LogP contribution >= 0.6 is 0 Å². The third-order valence-corrected chi connectivity index (χ3v) is 4.23. The third-order valence-electron chi connectivity index (χ3n) is 4.23. The number of allylic oxidation sites excluding steroid dienone is 4. The summed E-state index contributed by atoms with van der Waals surface area (Å²) >= 11 is 0. The quantitative estimate of drug-likeness (QED) is 0.907. The molecule has 0 amide bonds. The second kappa shape index (κ2) is 6.88. The van der Waals surface area contributed by atoms with E-state index in [1.54, 1.807) is 41.1 Å². The summed E-state index contributed by atoms with van der Waals surface area (Å²) in [5, 5.41) is 9.36. The number of aromatic nitrogens is 2. The highest BCUT2D eigenvalue weighted by atomic mass is 19.1. The summed E-state index contributed by atoms with van der Waals surface area (Å²) in [7, 11) is 0. The number of aliphatic carboxylic acids is 1. The fraction of sp³-hybridized carbons (Fsp3) is 0.278. The van der Waals surface area contributed by atoms with Gasteiger partial charge in [0.2, 0.25) is 0 Å². The molecule has 1 saturated heterocycles. The van der Waals surface area contributed by atoms with Crippen molar-refractivity contribution in [3.63, 3.8) is 0 Å². The van der Waals surface area contributed by atoms with Crippen molar-refractivity contribution in [3.8, 4) is 0 Å². The number of carbonyl (C=O) groups is 1. The molecule has 130 valence electrons. The molecule has 0 bridgehead atoms. The number of hydrogen-bond donors (Lipinski definition) is 1. The molecule has 7 heteroatoms. The van der Waals surface area contributed by atoms with Crippen LogP contribution in [0.3, 0.4) is 0 Å². The topological polar surface area (TPSA) is 69.6 Å². The lowest BCUT2D eigenvalue weighted by Gasteiger charge is -2.26. The predicted octanol–water partition coefficient (Wildman–Crippen LogP) is 3.09. The highest BCUT2D eigenvalue weighted by Crippen LogP contribution is 2.29. The Morgan fingerprint density at radius 3 is 3.00 bits per heavy atom. The molecule has 0 aromatic carbocycles. The Morgan fingerprint density at radius 1 is 1.48 bits per heavy atom. The van der Waals surface area contributed by atoms with Crippen molar-refractivity contribution in [2.75, 3.05) is 11.4 Å². The maximum atomic E-state index is 13.6. The average Bonchev–Trinajstić information content (AvgIpc) is 3.09. The first-order chi connectivity index (χ1) is 12.0. The van der Waals surface area contributed by atoms with Gasteiger partial charge in [-0.15, -0.1) is 0 Å². The van der Waals surface area contributed by atoms with Gasteiger partial charge in [0.25, 0.3) is 0 Å². The van der Waals surface area contributed by atoms with Gasteiger partial charge in [0.1, 0.15) is 17.7 Å². The Bertz CT molecular complexity index is 800. The van der Waals surface area contributed by atoms with Gasteiger partial charge in [0.15, 0.2) is 5.82 Å². The lowest BCUT2D eigenvalue weighted by molar-refractivity contribution is -0.138. The molecule has 1 N–H and O–H groups in total. The first-order valence-electron chi connectivity index (χ1n) is 8.04. The lowest BCUT2D eigenvalue weighted by atomic mass is 10.2. The average molecular weight is 342 g/mol. The number of carboxylic acids is 1. The third kappa shape index (κ3) is 3.31. The second-order valence-corrected chi connectivity index (χ2v) is 5.81. The highest BCUT2D eigenvalue weighted by Gasteiger charge is 2.31. The monoisotopic (exact) mass is 342 g/mol. The molecule has 1 atom stereocenters. The molecular weight excluding hydrogens is 323 g/mol. The van der Waals surface area contributed by atoms with Crippen LogP contribution in [-0.4, -0.2) is 38.5 Å². The van der Waals surface area contributed by atoms with E-state index >= 15 is 0 Å². The molecule has 2 aliphatic heterocycles. The molecular formula is C18H19FN4O2. The summed E-state index contributed by atoms with van der Waals surface area (Å²) in [6, 6.07) is 1.11. The molecule has 1 aromatic heterocycles. The van der Waals surface area contributed by atoms with Crippen molar-refractivity contribution in [2.24, 2.45) is 0 Å². The number of carboxylic acid groups (broad SMARTS) is 1. The van der Waals surface area contributed by atoms with Crippen LogP contribution in [0.25, 0.3) is 5.70 Å². The molecule has 6 nitrogen and oxygen atoms in total. The predicted molar refractivity (Wildman–Crippen MR) is 93.0 cm³/mol. The molecule has 2 aliphatic rings. The molecule has 0 saturated carbocycles. The van der Waals surface area contributed by atoms with Crippen LogP contribution in [-0.2, 0) is 4.79 Å². The highest BCUT2D eigenvalue weighted by molar-refractivity contribution is 5.78. The van der Waals surface area contributed by atoms with E-state index in [1.807, 2.05) is 0 Å². The molecule has 0 unspecified atom stereocenters. The molecule has 0 radical (unpaired) electrons. The van der Waals surface area contributed by atoms with Gasteiger partial charge in [0.05, 0.1) is 5.70 Å². The van der Waals surface area contributed by atoms with Gasteiger partial charge < -0.3 is 14.9 Å². The molecule has 0 aliphatic carbocycles. The zero-order chi connectivity index (χ0) is 18.0. The first-order valence-corrected chi connectivity index (χ1v) is 8.04. The summed E-state index contributed by atoms with van der Waals surface area (Å²) in [6.45, 7) is 6.34. The van der Waals surface area contributed by atoms with Crippen molar-refractivity contribution < 1.29 is 14.3 Å². The van der Waals surface area contributed by atoms with Crippen LogP contribution in [0.1, 0.15) is 25.6 Å². The van der Waals surface area contributed by atoms with Crippen LogP contribution in [0.5, 0.6) is 0 Å². The largest absolute Gasteiger partial charge is 0.480 e. The van der Waals surface area contributed by atoms with E-state index in [1.165, 1.54) is 12.3 Å². The Balaban J connectivity index is 1.94. The standard InChI is InChI=1S/C18H19FN4O2/c1-3-14(23-11-13(19)7-6-12(23)2)17-20-9-8-16(21-17)22-10-4-5-15(22)18(24)25/h3,6-9,11,15H,2,4-5,10H2,1H3,(H,24,25)/b14-3-/t15-/m0/s1. The van der Waals surface area contributed by atoms with Crippen LogP contribution in [0.15, 0.2) is 54.8 Å². The molecule has 25 heavy (non-hydrogen) atoms. The van der Waals surface area contributed by atoms with Crippen molar-refractivity contribution in [2.45, 2.75) is 25.8 Å². The van der Waals surface area contributed by atoms with E-state index in [4.69, 9.17) is 0 Å². The van der Waals surface area contributed by atoms with E-state index < -0.39 is 17.8 Å². The Hall–Kier alpha value is -2.96. The minimum absolute atomic E-state index is 0.386. The Kier molecular flexibility index (Phi) is 4.65. The molecule has 3 rings (SSSR count). The van der Waals surface area contributed by atoms with Gasteiger partial charge in [-0.2, -0.15) is 0 Å². The van der Waals surface area contributed by atoms with Crippen LogP contribution in [0, 0.1) is 0 Å². The first kappa shape index (κ1) is 16.9. The van der Waals surface area contributed by atoms with Gasteiger partial charge in [-0.1, -0.05) is 12.7 Å². The van der Waals surface area contributed by atoms with Gasteiger partial charge in [-0.25, -0.2) is 19.2 Å². The summed E-state index contributed by atoms with van der Waals surface area (Å²) in [4.78, 5) is 23.5. The molecule has 3 heterocycles. The summed E-state index contributed by atoms with van der Waals surface area (Å²) in [5.74, 6) is -0.315. The van der Waals surface area contributed by atoms with E-state index in [2.05, 4.69) is 16.5 Å². The SMILES string of the molecule is C=C1C=CC(F)=CN1/C(=C\C)c1nccc(N2CCC[C@H]2C(=O)O)n1. The van der Waals surface area contributed by atoms with Crippen molar-refractivity contribution in [1.29, 1.82) is 0 Å². The Morgan fingerprint density at radius 2 is 2.28 bits per heavy atom. The smallest absolute Gasteiger partial charge is 0.326 e. The molecule has 1 aromatic rings. The van der Waals surface area contributed by atoms with Crippen molar-refractivity contribution in [1.82, 2.24) is 14.9 Å². The van der Waals surface area contributed by atoms with E-state index in [9.17, 15) is 14.3 Å². The number of halogens is 1. The lowest BCUT2D eigenvalue weighted by Crippen LogP contribution is -2.36. The maximum absolute atomic E-state index is 13.6. The zero-order valence-electron chi connectivity index (χ0n) is 13.9. The van der Waals surface area contributed by atoms with E-state index in [0.29, 0.717) is 36.0 Å². The fourth-order valence-corrected chi connectivity index (χ4v) is 3.04.